The third-order valence-corrected chi connectivity index (χ3v) is 1.90. The Hall–Kier alpha value is -0.510. The van der Waals surface area contributed by atoms with E-state index < -0.39 is 0 Å². The van der Waals surface area contributed by atoms with Crippen molar-refractivity contribution in [2.75, 3.05) is 13.1 Å². The first-order valence-corrected chi connectivity index (χ1v) is 4.35. The van der Waals surface area contributed by atoms with Gasteiger partial charge in [0.1, 0.15) is 0 Å². The summed E-state index contributed by atoms with van der Waals surface area (Å²) in [6, 6.07) is 1.86. The van der Waals surface area contributed by atoms with Crippen molar-refractivity contribution in [1.82, 2.24) is 5.32 Å². The fourth-order valence-electron chi connectivity index (χ4n) is 0.896. The Morgan fingerprint density at radius 2 is 2.42 bits per heavy atom. The maximum absolute atomic E-state index is 5.72. The molecule has 3 nitrogen and oxygen atoms in total. The van der Waals surface area contributed by atoms with E-state index in [-0.39, 0.29) is 0 Å². The standard InChI is InChI=1S/C8H13ClN2O/c9-8-7(2-5-12-8)6-11-4-1-3-10/h2,5,11H,1,3-4,6,10H2. The second-order valence-corrected chi connectivity index (χ2v) is 2.88. The molecular weight excluding hydrogens is 176 g/mol. The van der Waals surface area contributed by atoms with E-state index in [2.05, 4.69) is 5.32 Å². The van der Waals surface area contributed by atoms with Crippen molar-refractivity contribution in [3.63, 3.8) is 0 Å². The zero-order valence-corrected chi connectivity index (χ0v) is 7.60. The highest BCUT2D eigenvalue weighted by Gasteiger charge is 2.00. The number of nitrogens with one attached hydrogen (secondary N) is 1. The first kappa shape index (κ1) is 9.58. The third-order valence-electron chi connectivity index (χ3n) is 1.57. The average Bonchev–Trinajstić information content (AvgIpc) is 2.46. The lowest BCUT2D eigenvalue weighted by molar-refractivity contribution is 0.562. The van der Waals surface area contributed by atoms with E-state index in [1.54, 1.807) is 6.26 Å². The lowest BCUT2D eigenvalue weighted by atomic mass is 10.3. The summed E-state index contributed by atoms with van der Waals surface area (Å²) in [5.41, 5.74) is 6.33. The predicted molar refractivity (Wildman–Crippen MR) is 49.1 cm³/mol. The Morgan fingerprint density at radius 1 is 1.58 bits per heavy atom. The highest BCUT2D eigenvalue weighted by atomic mass is 35.5. The summed E-state index contributed by atoms with van der Waals surface area (Å²) >= 11 is 5.72. The zero-order valence-electron chi connectivity index (χ0n) is 6.85. The van der Waals surface area contributed by atoms with E-state index in [0.29, 0.717) is 11.8 Å². The monoisotopic (exact) mass is 188 g/mol. The second kappa shape index (κ2) is 5.19. The molecule has 0 aliphatic carbocycles. The van der Waals surface area contributed by atoms with Crippen LogP contribution in [0.4, 0.5) is 0 Å². The number of furan rings is 1. The molecule has 12 heavy (non-hydrogen) atoms. The van der Waals surface area contributed by atoms with Crippen LogP contribution in [0.5, 0.6) is 0 Å². The summed E-state index contributed by atoms with van der Waals surface area (Å²) in [7, 11) is 0. The van der Waals surface area contributed by atoms with Crippen molar-refractivity contribution < 1.29 is 4.42 Å². The molecule has 68 valence electrons. The van der Waals surface area contributed by atoms with Gasteiger partial charge in [-0.3, -0.25) is 0 Å². The average molecular weight is 189 g/mol. The van der Waals surface area contributed by atoms with E-state index in [9.17, 15) is 0 Å². The van der Waals surface area contributed by atoms with Crippen molar-refractivity contribution in [2.24, 2.45) is 5.73 Å². The fraction of sp³-hybridized carbons (Fsp3) is 0.500. The molecule has 0 saturated heterocycles. The number of halogens is 1. The van der Waals surface area contributed by atoms with Gasteiger partial charge in [0, 0.05) is 12.1 Å². The molecule has 1 aromatic heterocycles. The van der Waals surface area contributed by atoms with Gasteiger partial charge >= 0.3 is 0 Å². The minimum absolute atomic E-state index is 0.468. The molecule has 0 amide bonds. The SMILES string of the molecule is NCCCNCc1ccoc1Cl. The van der Waals surface area contributed by atoms with E-state index >= 15 is 0 Å². The number of hydrogen-bond acceptors (Lipinski definition) is 3. The summed E-state index contributed by atoms with van der Waals surface area (Å²) in [5, 5.41) is 3.67. The van der Waals surface area contributed by atoms with E-state index in [1.165, 1.54) is 0 Å². The van der Waals surface area contributed by atoms with Gasteiger partial charge in [-0.15, -0.1) is 0 Å². The van der Waals surface area contributed by atoms with Crippen LogP contribution < -0.4 is 11.1 Å². The summed E-state index contributed by atoms with van der Waals surface area (Å²) in [5.74, 6) is 0. The van der Waals surface area contributed by atoms with Crippen LogP contribution in [0, 0.1) is 0 Å². The van der Waals surface area contributed by atoms with Gasteiger partial charge in [0.2, 0.25) is 0 Å². The molecular formula is C8H13ClN2O. The van der Waals surface area contributed by atoms with Crippen LogP contribution in [-0.4, -0.2) is 13.1 Å². The molecule has 0 aliphatic rings. The largest absolute Gasteiger partial charge is 0.453 e. The van der Waals surface area contributed by atoms with Gasteiger partial charge in [0.25, 0.3) is 0 Å². The molecule has 0 aromatic carbocycles. The van der Waals surface area contributed by atoms with Crippen LogP contribution in [0.3, 0.4) is 0 Å². The van der Waals surface area contributed by atoms with Gasteiger partial charge in [-0.2, -0.15) is 0 Å². The Labute approximate surface area is 76.9 Å². The van der Waals surface area contributed by atoms with Crippen molar-refractivity contribution in [3.8, 4) is 0 Å². The van der Waals surface area contributed by atoms with Crippen LogP contribution in [-0.2, 0) is 6.54 Å². The van der Waals surface area contributed by atoms with Gasteiger partial charge in [0.15, 0.2) is 5.22 Å². The van der Waals surface area contributed by atoms with E-state index in [4.69, 9.17) is 21.8 Å². The Bertz CT molecular complexity index is 225. The van der Waals surface area contributed by atoms with Crippen LogP contribution in [0.1, 0.15) is 12.0 Å². The fourth-order valence-corrected chi connectivity index (χ4v) is 1.08. The Balaban J connectivity index is 2.20. The number of hydrogen-bond donors (Lipinski definition) is 2. The van der Waals surface area contributed by atoms with Crippen LogP contribution in [0.2, 0.25) is 5.22 Å². The summed E-state index contributed by atoms with van der Waals surface area (Å²) < 4.78 is 4.92. The molecule has 0 aliphatic heterocycles. The first-order valence-electron chi connectivity index (χ1n) is 3.97. The quantitative estimate of drug-likeness (QED) is 0.687. The van der Waals surface area contributed by atoms with Crippen molar-refractivity contribution in [3.05, 3.63) is 23.1 Å². The van der Waals surface area contributed by atoms with Gasteiger partial charge in [-0.1, -0.05) is 0 Å². The van der Waals surface area contributed by atoms with Gasteiger partial charge in [-0.25, -0.2) is 0 Å². The first-order chi connectivity index (χ1) is 5.84. The Kier molecular flexibility index (Phi) is 4.14. The number of rotatable bonds is 5. The van der Waals surface area contributed by atoms with Gasteiger partial charge in [-0.05, 0) is 37.2 Å². The Morgan fingerprint density at radius 3 is 3.00 bits per heavy atom. The molecule has 0 radical (unpaired) electrons. The van der Waals surface area contributed by atoms with Crippen LogP contribution >= 0.6 is 11.6 Å². The highest BCUT2D eigenvalue weighted by molar-refractivity contribution is 6.29. The summed E-state index contributed by atoms with van der Waals surface area (Å²) in [6.45, 7) is 2.37. The molecule has 1 heterocycles. The topological polar surface area (TPSA) is 51.2 Å². The molecule has 3 N–H and O–H groups in total. The lowest BCUT2D eigenvalue weighted by Crippen LogP contribution is -2.17. The maximum Gasteiger partial charge on any atom is 0.197 e. The highest BCUT2D eigenvalue weighted by Crippen LogP contribution is 2.15. The molecule has 0 fully saturated rings. The van der Waals surface area contributed by atoms with Crippen molar-refractivity contribution in [1.29, 1.82) is 0 Å². The normalized spacial score (nSPS) is 10.5. The maximum atomic E-state index is 5.72. The lowest BCUT2D eigenvalue weighted by Gasteiger charge is -2.00. The minimum atomic E-state index is 0.468. The third kappa shape index (κ3) is 2.85. The van der Waals surface area contributed by atoms with Gasteiger partial charge in [0.05, 0.1) is 6.26 Å². The minimum Gasteiger partial charge on any atom is -0.453 e. The molecule has 4 heteroatoms. The van der Waals surface area contributed by atoms with Crippen molar-refractivity contribution >= 4 is 11.6 Å². The second-order valence-electron chi connectivity index (χ2n) is 2.54. The van der Waals surface area contributed by atoms with E-state index in [0.717, 1.165) is 25.1 Å². The van der Waals surface area contributed by atoms with Crippen molar-refractivity contribution in [2.45, 2.75) is 13.0 Å². The molecule has 0 bridgehead atoms. The molecule has 0 saturated carbocycles. The molecule has 1 rings (SSSR count). The van der Waals surface area contributed by atoms with Crippen LogP contribution in [0.25, 0.3) is 0 Å². The molecule has 0 atom stereocenters. The molecule has 1 aromatic rings. The zero-order chi connectivity index (χ0) is 8.81. The molecule has 0 spiro atoms. The molecule has 0 unspecified atom stereocenters. The summed E-state index contributed by atoms with van der Waals surface area (Å²) in [4.78, 5) is 0. The number of nitrogens with two attached hydrogens (primary N) is 1. The van der Waals surface area contributed by atoms with Gasteiger partial charge < -0.3 is 15.5 Å². The summed E-state index contributed by atoms with van der Waals surface area (Å²) in [6.07, 6.45) is 2.57. The smallest absolute Gasteiger partial charge is 0.197 e. The van der Waals surface area contributed by atoms with Crippen LogP contribution in [0.15, 0.2) is 16.7 Å². The van der Waals surface area contributed by atoms with E-state index in [1.807, 2.05) is 6.07 Å². The predicted octanol–water partition coefficient (Wildman–Crippen LogP) is 1.37.